The van der Waals surface area contributed by atoms with Gasteiger partial charge in [-0.05, 0) is 19.9 Å². The number of nitrogens with zero attached hydrogens (tertiary/aromatic N) is 1. The molecule has 1 aliphatic carbocycles. The van der Waals surface area contributed by atoms with E-state index in [1.807, 2.05) is 4.90 Å². The van der Waals surface area contributed by atoms with Crippen LogP contribution in [-0.4, -0.2) is 56.5 Å². The average molecular weight is 263 g/mol. The molecule has 0 spiro atoms. The Morgan fingerprint density at radius 2 is 1.88 bits per heavy atom. The van der Waals surface area contributed by atoms with Gasteiger partial charge in [-0.15, -0.1) is 0 Å². The predicted molar refractivity (Wildman–Crippen MR) is 65.7 cm³/mol. The average Bonchev–Trinajstić information content (AvgIpc) is 2.63. The quantitative estimate of drug-likeness (QED) is 0.760. The monoisotopic (exact) mass is 263 g/mol. The van der Waals surface area contributed by atoms with Crippen molar-refractivity contribution >= 4 is 15.8 Å². The van der Waals surface area contributed by atoms with Gasteiger partial charge in [0.2, 0.25) is 0 Å². The van der Waals surface area contributed by atoms with E-state index in [1.54, 1.807) is 7.05 Å². The summed E-state index contributed by atoms with van der Waals surface area (Å²) in [6.07, 6.45) is 4.50. The smallest absolute Gasteiger partial charge is 0.310 e. The number of carboxylic acid groups (broad SMARTS) is 1. The molecule has 17 heavy (non-hydrogen) atoms. The first kappa shape index (κ1) is 14.4. The van der Waals surface area contributed by atoms with Crippen LogP contribution in [0.25, 0.3) is 0 Å². The molecule has 0 aliphatic heterocycles. The Hall–Kier alpha value is -0.620. The summed E-state index contributed by atoms with van der Waals surface area (Å²) >= 11 is 0. The van der Waals surface area contributed by atoms with E-state index in [4.69, 9.17) is 0 Å². The summed E-state index contributed by atoms with van der Waals surface area (Å²) < 4.78 is 22.1. The Bertz CT molecular complexity index is 371. The van der Waals surface area contributed by atoms with Crippen LogP contribution in [0.15, 0.2) is 0 Å². The number of carbonyl (C=O) groups is 1. The lowest BCUT2D eigenvalue weighted by molar-refractivity contribution is -0.149. The van der Waals surface area contributed by atoms with Crippen LogP contribution in [0.4, 0.5) is 0 Å². The van der Waals surface area contributed by atoms with E-state index < -0.39 is 21.2 Å². The molecule has 0 aromatic rings. The number of aliphatic carboxylic acids is 1. The van der Waals surface area contributed by atoms with Crippen LogP contribution in [0.3, 0.4) is 0 Å². The van der Waals surface area contributed by atoms with Gasteiger partial charge >= 0.3 is 5.97 Å². The fraction of sp³-hybridized carbons (Fsp3) is 0.909. The highest BCUT2D eigenvalue weighted by atomic mass is 32.2. The standard InChI is InChI=1S/C11H21NO4S/c1-12(7-8-17(2,15)16)9-11(10(13)14)5-3-4-6-11/h3-9H2,1-2H3,(H,13,14). The van der Waals surface area contributed by atoms with Gasteiger partial charge in [0.1, 0.15) is 9.84 Å². The summed E-state index contributed by atoms with van der Waals surface area (Å²) in [6, 6.07) is 0. The molecule has 0 heterocycles. The molecule has 6 heteroatoms. The van der Waals surface area contributed by atoms with Crippen molar-refractivity contribution in [2.45, 2.75) is 25.7 Å². The zero-order valence-corrected chi connectivity index (χ0v) is 11.3. The van der Waals surface area contributed by atoms with E-state index in [0.29, 0.717) is 25.9 Å². The van der Waals surface area contributed by atoms with Crippen LogP contribution >= 0.6 is 0 Å². The van der Waals surface area contributed by atoms with Gasteiger partial charge in [-0.3, -0.25) is 4.79 Å². The molecule has 1 rings (SSSR count). The van der Waals surface area contributed by atoms with Crippen LogP contribution in [0, 0.1) is 5.41 Å². The largest absolute Gasteiger partial charge is 0.481 e. The van der Waals surface area contributed by atoms with E-state index in [9.17, 15) is 18.3 Å². The molecule has 5 nitrogen and oxygen atoms in total. The number of sulfone groups is 1. The molecule has 0 saturated heterocycles. The van der Waals surface area contributed by atoms with Gasteiger partial charge < -0.3 is 10.0 Å². The lowest BCUT2D eigenvalue weighted by atomic mass is 9.86. The maximum atomic E-state index is 11.3. The third kappa shape index (κ3) is 4.27. The van der Waals surface area contributed by atoms with E-state index in [0.717, 1.165) is 12.8 Å². The van der Waals surface area contributed by atoms with Crippen molar-refractivity contribution in [3.8, 4) is 0 Å². The first-order valence-corrected chi connectivity index (χ1v) is 7.91. The molecule has 100 valence electrons. The molecule has 0 atom stereocenters. The predicted octanol–water partition coefficient (Wildman–Crippen LogP) is 0.608. The Kier molecular flexibility index (Phi) is 4.55. The zero-order chi connectivity index (χ0) is 13.1. The van der Waals surface area contributed by atoms with Crippen molar-refractivity contribution in [3.63, 3.8) is 0 Å². The molecular formula is C11H21NO4S. The fourth-order valence-corrected chi connectivity index (χ4v) is 3.05. The molecule has 0 unspecified atom stereocenters. The lowest BCUT2D eigenvalue weighted by Crippen LogP contribution is -2.41. The minimum absolute atomic E-state index is 0.0825. The van der Waals surface area contributed by atoms with Crippen LogP contribution in [0.1, 0.15) is 25.7 Å². The van der Waals surface area contributed by atoms with E-state index in [2.05, 4.69) is 0 Å². The van der Waals surface area contributed by atoms with Crippen molar-refractivity contribution in [2.75, 3.05) is 32.1 Å². The SMILES string of the molecule is CN(CCS(C)(=O)=O)CC1(C(=O)O)CCCC1. The van der Waals surface area contributed by atoms with Crippen LogP contribution in [-0.2, 0) is 14.6 Å². The summed E-state index contributed by atoms with van der Waals surface area (Å²) in [5.41, 5.74) is -0.660. The number of hydrogen-bond donors (Lipinski definition) is 1. The summed E-state index contributed by atoms with van der Waals surface area (Å²) in [5, 5.41) is 9.30. The maximum absolute atomic E-state index is 11.3. The Balaban J connectivity index is 2.54. The summed E-state index contributed by atoms with van der Waals surface area (Å²) in [7, 11) is -1.20. The molecule has 1 fully saturated rings. The number of carboxylic acids is 1. The van der Waals surface area contributed by atoms with Gasteiger partial charge in [-0.1, -0.05) is 12.8 Å². The first-order valence-electron chi connectivity index (χ1n) is 5.85. The van der Waals surface area contributed by atoms with Crippen molar-refractivity contribution in [1.29, 1.82) is 0 Å². The topological polar surface area (TPSA) is 74.7 Å². The van der Waals surface area contributed by atoms with Crippen LogP contribution < -0.4 is 0 Å². The fourth-order valence-electron chi connectivity index (χ4n) is 2.41. The maximum Gasteiger partial charge on any atom is 0.310 e. The Morgan fingerprint density at radius 3 is 2.29 bits per heavy atom. The summed E-state index contributed by atoms with van der Waals surface area (Å²) in [6.45, 7) is 0.839. The highest BCUT2D eigenvalue weighted by Crippen LogP contribution is 2.38. The third-order valence-electron chi connectivity index (χ3n) is 3.43. The summed E-state index contributed by atoms with van der Waals surface area (Å²) in [4.78, 5) is 13.1. The van der Waals surface area contributed by atoms with Crippen LogP contribution in [0.5, 0.6) is 0 Å². The highest BCUT2D eigenvalue weighted by molar-refractivity contribution is 7.90. The molecule has 1 N–H and O–H groups in total. The Morgan fingerprint density at radius 1 is 1.35 bits per heavy atom. The third-order valence-corrected chi connectivity index (χ3v) is 4.35. The van der Waals surface area contributed by atoms with Gasteiger partial charge in [0.15, 0.2) is 0 Å². The van der Waals surface area contributed by atoms with Gasteiger partial charge in [0.05, 0.1) is 11.2 Å². The molecule has 0 amide bonds. The molecule has 0 aromatic heterocycles. The second-order valence-electron chi connectivity index (χ2n) is 5.16. The van der Waals surface area contributed by atoms with Crippen LogP contribution in [0.2, 0.25) is 0 Å². The van der Waals surface area contributed by atoms with E-state index >= 15 is 0 Å². The highest BCUT2D eigenvalue weighted by Gasteiger charge is 2.41. The van der Waals surface area contributed by atoms with Crippen molar-refractivity contribution in [1.82, 2.24) is 4.90 Å². The second kappa shape index (κ2) is 5.35. The zero-order valence-electron chi connectivity index (χ0n) is 10.5. The molecular weight excluding hydrogens is 242 g/mol. The van der Waals surface area contributed by atoms with E-state index in [1.165, 1.54) is 6.26 Å². The summed E-state index contributed by atoms with van der Waals surface area (Å²) in [5.74, 6) is -0.666. The van der Waals surface area contributed by atoms with Crippen molar-refractivity contribution in [2.24, 2.45) is 5.41 Å². The minimum atomic E-state index is -2.98. The second-order valence-corrected chi connectivity index (χ2v) is 7.42. The Labute approximate surface area is 103 Å². The van der Waals surface area contributed by atoms with Gasteiger partial charge in [-0.2, -0.15) is 0 Å². The normalized spacial score (nSPS) is 19.7. The molecule has 0 radical (unpaired) electrons. The van der Waals surface area contributed by atoms with Gasteiger partial charge in [0, 0.05) is 19.3 Å². The van der Waals surface area contributed by atoms with E-state index in [-0.39, 0.29) is 5.75 Å². The molecule has 1 aliphatic rings. The molecule has 0 bridgehead atoms. The first-order chi connectivity index (χ1) is 7.75. The van der Waals surface area contributed by atoms with Gasteiger partial charge in [0.25, 0.3) is 0 Å². The van der Waals surface area contributed by atoms with Crippen molar-refractivity contribution < 1.29 is 18.3 Å². The molecule has 0 aromatic carbocycles. The van der Waals surface area contributed by atoms with Crippen molar-refractivity contribution in [3.05, 3.63) is 0 Å². The minimum Gasteiger partial charge on any atom is -0.481 e. The number of rotatable bonds is 6. The number of hydrogen-bond acceptors (Lipinski definition) is 4. The van der Waals surface area contributed by atoms with Gasteiger partial charge in [-0.25, -0.2) is 8.42 Å². The lowest BCUT2D eigenvalue weighted by Gasteiger charge is -2.29. The molecule has 1 saturated carbocycles.